The third kappa shape index (κ3) is 3.26. The summed E-state index contributed by atoms with van der Waals surface area (Å²) in [5.41, 5.74) is 2.60. The Kier molecular flexibility index (Phi) is 4.51. The van der Waals surface area contributed by atoms with Crippen molar-refractivity contribution in [1.29, 1.82) is 0 Å². The monoisotopic (exact) mass is 253 g/mol. The Morgan fingerprint density at radius 3 is 3.00 bits per heavy atom. The Labute approximate surface area is 108 Å². The van der Waals surface area contributed by atoms with E-state index >= 15 is 0 Å². The highest BCUT2D eigenvalue weighted by Crippen LogP contribution is 2.28. The summed E-state index contributed by atoms with van der Waals surface area (Å²) in [4.78, 5) is 0. The maximum Gasteiger partial charge on any atom is 0.0666 e. The summed E-state index contributed by atoms with van der Waals surface area (Å²) in [6.07, 6.45) is 9.41. The Morgan fingerprint density at radius 1 is 1.53 bits per heavy atom. The van der Waals surface area contributed by atoms with E-state index in [0.29, 0.717) is 6.04 Å². The lowest BCUT2D eigenvalue weighted by Crippen LogP contribution is -2.26. The molecule has 2 rings (SSSR count). The molecule has 0 saturated heterocycles. The van der Waals surface area contributed by atoms with Gasteiger partial charge in [-0.25, -0.2) is 0 Å². The van der Waals surface area contributed by atoms with Gasteiger partial charge in [0.05, 0.1) is 5.69 Å². The number of aryl methyl sites for hydroxylation is 2. The van der Waals surface area contributed by atoms with Crippen molar-refractivity contribution in [1.82, 2.24) is 15.1 Å². The highest BCUT2D eigenvalue weighted by atomic mass is 32.2. The zero-order valence-electron chi connectivity index (χ0n) is 11.1. The minimum atomic E-state index is 0.706. The van der Waals surface area contributed by atoms with Crippen LogP contribution in [-0.4, -0.2) is 27.3 Å². The average molecular weight is 253 g/mol. The van der Waals surface area contributed by atoms with E-state index in [1.807, 2.05) is 23.5 Å². The number of hydrogen-bond acceptors (Lipinski definition) is 3. The third-order valence-electron chi connectivity index (χ3n) is 3.63. The molecule has 17 heavy (non-hydrogen) atoms. The minimum Gasteiger partial charge on any atom is -0.310 e. The summed E-state index contributed by atoms with van der Waals surface area (Å²) < 4.78 is 1.93. The first kappa shape index (κ1) is 13.0. The summed E-state index contributed by atoms with van der Waals surface area (Å²) in [6, 6.07) is 0.706. The SMILES string of the molecule is CCc1nn(C)cc1CNC1CCC(SC)C1. The number of aromatic nitrogens is 2. The molecule has 96 valence electrons. The van der Waals surface area contributed by atoms with Crippen LogP contribution in [0.25, 0.3) is 0 Å². The second-order valence-electron chi connectivity index (χ2n) is 4.88. The van der Waals surface area contributed by atoms with Gasteiger partial charge in [-0.3, -0.25) is 4.68 Å². The normalized spacial score (nSPS) is 24.4. The van der Waals surface area contributed by atoms with E-state index < -0.39 is 0 Å². The van der Waals surface area contributed by atoms with Crippen molar-refractivity contribution in [2.45, 2.75) is 50.4 Å². The molecule has 0 bridgehead atoms. The van der Waals surface area contributed by atoms with Gasteiger partial charge in [0.15, 0.2) is 0 Å². The van der Waals surface area contributed by atoms with Crippen molar-refractivity contribution in [3.63, 3.8) is 0 Å². The van der Waals surface area contributed by atoms with E-state index in [4.69, 9.17) is 0 Å². The lowest BCUT2D eigenvalue weighted by Gasteiger charge is -2.12. The Hall–Kier alpha value is -0.480. The topological polar surface area (TPSA) is 29.9 Å². The van der Waals surface area contributed by atoms with Crippen molar-refractivity contribution < 1.29 is 0 Å². The molecule has 1 aromatic heterocycles. The summed E-state index contributed by atoms with van der Waals surface area (Å²) in [5.74, 6) is 0. The zero-order chi connectivity index (χ0) is 12.3. The molecule has 0 amide bonds. The van der Waals surface area contributed by atoms with Crippen molar-refractivity contribution in [2.24, 2.45) is 7.05 Å². The van der Waals surface area contributed by atoms with Crippen LogP contribution in [0.2, 0.25) is 0 Å². The highest BCUT2D eigenvalue weighted by molar-refractivity contribution is 7.99. The summed E-state index contributed by atoms with van der Waals surface area (Å²) in [6.45, 7) is 3.15. The fourth-order valence-corrected chi connectivity index (χ4v) is 3.42. The van der Waals surface area contributed by atoms with E-state index in [1.165, 1.54) is 30.5 Å². The molecule has 0 spiro atoms. The second-order valence-corrected chi connectivity index (χ2v) is 6.01. The highest BCUT2D eigenvalue weighted by Gasteiger charge is 2.23. The molecule has 1 aromatic rings. The predicted octanol–water partition coefficient (Wildman–Crippen LogP) is 2.36. The van der Waals surface area contributed by atoms with Gasteiger partial charge in [-0.2, -0.15) is 16.9 Å². The van der Waals surface area contributed by atoms with Crippen LogP contribution in [0, 0.1) is 0 Å². The quantitative estimate of drug-likeness (QED) is 0.873. The van der Waals surface area contributed by atoms with Crippen LogP contribution in [0.5, 0.6) is 0 Å². The largest absolute Gasteiger partial charge is 0.310 e. The summed E-state index contributed by atoms with van der Waals surface area (Å²) in [5, 5.41) is 9.03. The molecule has 1 heterocycles. The van der Waals surface area contributed by atoms with Gasteiger partial charge in [-0.15, -0.1) is 0 Å². The molecule has 2 unspecified atom stereocenters. The molecular formula is C13H23N3S. The van der Waals surface area contributed by atoms with Crippen LogP contribution in [0.3, 0.4) is 0 Å². The van der Waals surface area contributed by atoms with Gasteiger partial charge in [0.1, 0.15) is 0 Å². The molecule has 0 aromatic carbocycles. The van der Waals surface area contributed by atoms with E-state index in [-0.39, 0.29) is 0 Å². The first-order valence-corrected chi connectivity index (χ1v) is 7.79. The van der Waals surface area contributed by atoms with Gasteiger partial charge in [0.25, 0.3) is 0 Å². The van der Waals surface area contributed by atoms with Crippen LogP contribution in [0.15, 0.2) is 6.20 Å². The van der Waals surface area contributed by atoms with Crippen molar-refractivity contribution in [3.8, 4) is 0 Å². The van der Waals surface area contributed by atoms with Crippen molar-refractivity contribution in [3.05, 3.63) is 17.5 Å². The molecule has 1 fully saturated rings. The van der Waals surface area contributed by atoms with Crippen LogP contribution < -0.4 is 5.32 Å². The Balaban J connectivity index is 1.85. The van der Waals surface area contributed by atoms with Crippen LogP contribution in [0.1, 0.15) is 37.4 Å². The molecule has 2 atom stereocenters. The fourth-order valence-electron chi connectivity index (χ4n) is 2.62. The number of hydrogen-bond donors (Lipinski definition) is 1. The number of rotatable bonds is 5. The van der Waals surface area contributed by atoms with Gasteiger partial charge in [-0.05, 0) is 31.9 Å². The van der Waals surface area contributed by atoms with E-state index in [1.54, 1.807) is 0 Å². The van der Waals surface area contributed by atoms with E-state index in [9.17, 15) is 0 Å². The predicted molar refractivity (Wildman–Crippen MR) is 74.4 cm³/mol. The smallest absolute Gasteiger partial charge is 0.0666 e. The third-order valence-corrected chi connectivity index (χ3v) is 4.72. The molecule has 3 nitrogen and oxygen atoms in total. The number of nitrogens with zero attached hydrogens (tertiary/aromatic N) is 2. The number of thioether (sulfide) groups is 1. The maximum absolute atomic E-state index is 4.48. The molecule has 0 aliphatic heterocycles. The van der Waals surface area contributed by atoms with Crippen molar-refractivity contribution >= 4 is 11.8 Å². The first-order valence-electron chi connectivity index (χ1n) is 6.50. The van der Waals surface area contributed by atoms with Gasteiger partial charge in [-0.1, -0.05) is 6.92 Å². The van der Waals surface area contributed by atoms with E-state index in [2.05, 4.69) is 29.8 Å². The second kappa shape index (κ2) is 5.91. The van der Waals surface area contributed by atoms with Gasteiger partial charge in [0.2, 0.25) is 0 Å². The Bertz CT molecular complexity index is 362. The summed E-state index contributed by atoms with van der Waals surface area (Å²) in [7, 11) is 2.00. The van der Waals surface area contributed by atoms with Crippen LogP contribution in [-0.2, 0) is 20.0 Å². The first-order chi connectivity index (χ1) is 8.22. The average Bonchev–Trinajstić information content (AvgIpc) is 2.92. The van der Waals surface area contributed by atoms with Gasteiger partial charge < -0.3 is 5.32 Å². The standard InChI is InChI=1S/C13H23N3S/c1-4-13-10(9-16(2)15-13)8-14-11-5-6-12(7-11)17-3/h9,11-12,14H,4-8H2,1-3H3. The molecule has 4 heteroatoms. The molecule has 1 aliphatic carbocycles. The van der Waals surface area contributed by atoms with Crippen LogP contribution in [0.4, 0.5) is 0 Å². The molecule has 0 radical (unpaired) electrons. The molecule has 1 N–H and O–H groups in total. The number of nitrogens with one attached hydrogen (secondary N) is 1. The zero-order valence-corrected chi connectivity index (χ0v) is 11.9. The lowest BCUT2D eigenvalue weighted by atomic mass is 10.2. The van der Waals surface area contributed by atoms with Crippen molar-refractivity contribution in [2.75, 3.05) is 6.26 Å². The Morgan fingerprint density at radius 2 is 2.35 bits per heavy atom. The summed E-state index contributed by atoms with van der Waals surface area (Å²) >= 11 is 2.01. The van der Waals surface area contributed by atoms with Gasteiger partial charge in [0, 0.05) is 36.6 Å². The minimum absolute atomic E-state index is 0.706. The van der Waals surface area contributed by atoms with Crippen LogP contribution >= 0.6 is 11.8 Å². The van der Waals surface area contributed by atoms with E-state index in [0.717, 1.165) is 18.2 Å². The molecule has 1 saturated carbocycles. The molecular weight excluding hydrogens is 230 g/mol. The maximum atomic E-state index is 4.48. The fraction of sp³-hybridized carbons (Fsp3) is 0.769. The molecule has 1 aliphatic rings. The lowest BCUT2D eigenvalue weighted by molar-refractivity contribution is 0.523. The van der Waals surface area contributed by atoms with Gasteiger partial charge >= 0.3 is 0 Å².